The number of anilines is 1. The fourth-order valence-electron chi connectivity index (χ4n) is 3.08. The molecule has 4 aromatic rings. The van der Waals surface area contributed by atoms with Crippen LogP contribution < -0.4 is 10.1 Å². The molecule has 2 aromatic heterocycles. The highest BCUT2D eigenvalue weighted by atomic mass is 32.1. The summed E-state index contributed by atoms with van der Waals surface area (Å²) < 4.78 is 7.08. The molecule has 2 heterocycles. The van der Waals surface area contributed by atoms with Crippen LogP contribution in [0.3, 0.4) is 0 Å². The van der Waals surface area contributed by atoms with E-state index in [0.29, 0.717) is 5.69 Å². The molecule has 0 saturated carbocycles. The maximum atomic E-state index is 12.6. The van der Waals surface area contributed by atoms with E-state index in [-0.39, 0.29) is 23.8 Å². The maximum Gasteiger partial charge on any atom is 0.273 e. The van der Waals surface area contributed by atoms with E-state index in [2.05, 4.69) is 10.3 Å². The summed E-state index contributed by atoms with van der Waals surface area (Å²) in [5.74, 6) is -0.0234. The quantitative estimate of drug-likeness (QED) is 0.365. The van der Waals surface area contributed by atoms with E-state index >= 15 is 0 Å². The normalized spacial score (nSPS) is 10.9. The zero-order valence-electron chi connectivity index (χ0n) is 16.3. The van der Waals surface area contributed by atoms with Gasteiger partial charge in [-0.05, 0) is 13.0 Å². The summed E-state index contributed by atoms with van der Waals surface area (Å²) in [5, 5.41) is 15.6. The Morgan fingerprint density at radius 3 is 2.73 bits per heavy atom. The van der Waals surface area contributed by atoms with Crippen molar-refractivity contribution in [2.45, 2.75) is 13.3 Å². The Morgan fingerprint density at radius 1 is 1.27 bits per heavy atom. The molecule has 2 aromatic carbocycles. The molecule has 0 atom stereocenters. The first-order chi connectivity index (χ1) is 14.4. The number of methoxy groups -OCH3 is 1. The number of fused-ring (bicyclic) bond motifs is 1. The second kappa shape index (κ2) is 7.96. The Kier molecular flexibility index (Phi) is 5.20. The average molecular weight is 422 g/mol. The van der Waals surface area contributed by atoms with Crippen LogP contribution in [0.2, 0.25) is 0 Å². The van der Waals surface area contributed by atoms with Gasteiger partial charge in [-0.15, -0.1) is 11.3 Å². The number of carbonyl (C=O) groups excluding carboxylic acids is 1. The van der Waals surface area contributed by atoms with Gasteiger partial charge in [-0.2, -0.15) is 0 Å². The van der Waals surface area contributed by atoms with E-state index in [9.17, 15) is 14.9 Å². The fraction of sp³-hybridized carbons (Fsp3) is 0.143. The highest BCUT2D eigenvalue weighted by molar-refractivity contribution is 7.15. The number of benzene rings is 2. The summed E-state index contributed by atoms with van der Waals surface area (Å²) >= 11 is 1.47. The number of aryl methyl sites for hydroxylation is 1. The second-order valence-corrected chi connectivity index (χ2v) is 7.57. The van der Waals surface area contributed by atoms with Gasteiger partial charge in [0.1, 0.15) is 5.75 Å². The molecule has 0 aliphatic carbocycles. The van der Waals surface area contributed by atoms with Crippen molar-refractivity contribution in [1.29, 1.82) is 0 Å². The van der Waals surface area contributed by atoms with Gasteiger partial charge in [0.05, 0.1) is 35.9 Å². The third-order valence-electron chi connectivity index (χ3n) is 4.64. The standard InChI is InChI=1S/C21H18N4O4S/c1-13-3-5-14(6-4-13)18-11-24-16(12-30-21(24)23-18)10-20(26)22-17-8-7-15(25(27)28)9-19(17)29-2/h3-9,11-12H,10H2,1-2H3,(H,22,26). The Bertz CT molecular complexity index is 1240. The summed E-state index contributed by atoms with van der Waals surface area (Å²) in [5.41, 5.74) is 4.12. The topological polar surface area (TPSA) is 98.8 Å². The molecule has 30 heavy (non-hydrogen) atoms. The maximum absolute atomic E-state index is 12.6. The second-order valence-electron chi connectivity index (χ2n) is 6.74. The number of imidazole rings is 1. The van der Waals surface area contributed by atoms with Gasteiger partial charge in [-0.3, -0.25) is 19.3 Å². The van der Waals surface area contributed by atoms with Crippen LogP contribution in [0, 0.1) is 17.0 Å². The third kappa shape index (κ3) is 3.87. The lowest BCUT2D eigenvalue weighted by Crippen LogP contribution is -2.16. The van der Waals surface area contributed by atoms with Crippen LogP contribution >= 0.6 is 11.3 Å². The van der Waals surface area contributed by atoms with Crippen molar-refractivity contribution in [3.63, 3.8) is 0 Å². The number of thiazole rings is 1. The third-order valence-corrected chi connectivity index (χ3v) is 5.53. The summed E-state index contributed by atoms with van der Waals surface area (Å²) in [6, 6.07) is 12.2. The zero-order chi connectivity index (χ0) is 21.3. The molecule has 9 heteroatoms. The van der Waals surface area contributed by atoms with Crippen molar-refractivity contribution < 1.29 is 14.5 Å². The largest absolute Gasteiger partial charge is 0.494 e. The molecule has 0 unspecified atom stereocenters. The average Bonchev–Trinajstić information content (AvgIpc) is 3.30. The molecule has 4 rings (SSSR count). The van der Waals surface area contributed by atoms with Gasteiger partial charge >= 0.3 is 0 Å². The number of non-ortho nitro benzene ring substituents is 1. The molecule has 0 fully saturated rings. The SMILES string of the molecule is COc1cc([N+](=O)[O-])ccc1NC(=O)Cc1csc2nc(-c3ccc(C)cc3)cn12. The van der Waals surface area contributed by atoms with E-state index in [1.165, 1.54) is 42.2 Å². The minimum absolute atomic E-state index is 0.105. The van der Waals surface area contributed by atoms with Gasteiger partial charge in [-0.25, -0.2) is 4.98 Å². The van der Waals surface area contributed by atoms with Gasteiger partial charge in [0.25, 0.3) is 5.69 Å². The molecule has 8 nitrogen and oxygen atoms in total. The number of hydrogen-bond donors (Lipinski definition) is 1. The number of amides is 1. The Labute approximate surface area is 175 Å². The molecular weight excluding hydrogens is 404 g/mol. The molecule has 152 valence electrons. The van der Waals surface area contributed by atoms with Gasteiger partial charge in [0.15, 0.2) is 4.96 Å². The fourth-order valence-corrected chi connectivity index (χ4v) is 3.95. The predicted molar refractivity (Wildman–Crippen MR) is 115 cm³/mol. The lowest BCUT2D eigenvalue weighted by Gasteiger charge is -2.09. The molecular formula is C21H18N4O4S. The van der Waals surface area contributed by atoms with Crippen molar-refractivity contribution >= 4 is 33.6 Å². The number of nitrogens with one attached hydrogen (secondary N) is 1. The van der Waals surface area contributed by atoms with Gasteiger partial charge in [0, 0.05) is 28.9 Å². The minimum Gasteiger partial charge on any atom is -0.494 e. The molecule has 0 radical (unpaired) electrons. The van der Waals surface area contributed by atoms with E-state index in [1.54, 1.807) is 0 Å². The van der Waals surface area contributed by atoms with Crippen LogP contribution in [0.1, 0.15) is 11.3 Å². The van der Waals surface area contributed by atoms with E-state index in [1.807, 2.05) is 47.2 Å². The Balaban J connectivity index is 1.53. The highest BCUT2D eigenvalue weighted by Gasteiger charge is 2.16. The summed E-state index contributed by atoms with van der Waals surface area (Å²) in [7, 11) is 1.40. The Morgan fingerprint density at radius 2 is 2.03 bits per heavy atom. The van der Waals surface area contributed by atoms with Gasteiger partial charge in [0.2, 0.25) is 5.91 Å². The number of nitro groups is 1. The van der Waals surface area contributed by atoms with Crippen LogP contribution in [0.5, 0.6) is 5.75 Å². The van der Waals surface area contributed by atoms with E-state index in [4.69, 9.17) is 4.74 Å². The number of nitrogens with zero attached hydrogens (tertiary/aromatic N) is 3. The lowest BCUT2D eigenvalue weighted by atomic mass is 10.1. The number of hydrogen-bond acceptors (Lipinski definition) is 6. The van der Waals surface area contributed by atoms with Gasteiger partial charge < -0.3 is 10.1 Å². The Hall–Kier alpha value is -3.72. The number of carbonyl (C=O) groups is 1. The van der Waals surface area contributed by atoms with Crippen LogP contribution in [-0.4, -0.2) is 27.3 Å². The lowest BCUT2D eigenvalue weighted by molar-refractivity contribution is -0.384. The van der Waals surface area contributed by atoms with Crippen LogP contribution in [0.15, 0.2) is 54.0 Å². The van der Waals surface area contributed by atoms with E-state index in [0.717, 1.165) is 21.9 Å². The molecule has 1 amide bonds. The first-order valence-electron chi connectivity index (χ1n) is 9.09. The molecule has 0 aliphatic heterocycles. The monoisotopic (exact) mass is 422 g/mol. The smallest absolute Gasteiger partial charge is 0.273 e. The number of ether oxygens (including phenoxy) is 1. The van der Waals surface area contributed by atoms with Crippen molar-refractivity contribution in [2.75, 3.05) is 12.4 Å². The van der Waals surface area contributed by atoms with Crippen molar-refractivity contribution in [3.05, 3.63) is 75.4 Å². The summed E-state index contributed by atoms with van der Waals surface area (Å²) in [6.45, 7) is 2.03. The number of rotatable bonds is 6. The van der Waals surface area contributed by atoms with Crippen LogP contribution in [0.4, 0.5) is 11.4 Å². The number of nitro benzene ring substituents is 1. The first-order valence-corrected chi connectivity index (χ1v) is 9.97. The molecule has 0 bridgehead atoms. The molecule has 1 N–H and O–H groups in total. The minimum atomic E-state index is -0.513. The molecule has 0 aliphatic rings. The van der Waals surface area contributed by atoms with Crippen molar-refractivity contribution in [3.8, 4) is 17.0 Å². The predicted octanol–water partition coefficient (Wildman–Crippen LogP) is 4.47. The highest BCUT2D eigenvalue weighted by Crippen LogP contribution is 2.29. The van der Waals surface area contributed by atoms with E-state index < -0.39 is 4.92 Å². The summed E-state index contributed by atoms with van der Waals surface area (Å²) in [6.07, 6.45) is 2.05. The van der Waals surface area contributed by atoms with Crippen LogP contribution in [0.25, 0.3) is 16.2 Å². The number of aromatic nitrogens is 2. The zero-order valence-corrected chi connectivity index (χ0v) is 17.1. The van der Waals surface area contributed by atoms with Crippen molar-refractivity contribution in [1.82, 2.24) is 9.38 Å². The summed E-state index contributed by atoms with van der Waals surface area (Å²) in [4.78, 5) is 28.4. The molecule has 0 spiro atoms. The van der Waals surface area contributed by atoms with Crippen LogP contribution in [-0.2, 0) is 11.2 Å². The first kappa shape index (κ1) is 19.6. The van der Waals surface area contributed by atoms with Gasteiger partial charge in [-0.1, -0.05) is 29.8 Å². The molecule has 0 saturated heterocycles. The van der Waals surface area contributed by atoms with Crippen molar-refractivity contribution in [2.24, 2.45) is 0 Å².